The molecule has 4 nitrogen and oxygen atoms in total. The predicted molar refractivity (Wildman–Crippen MR) is 108 cm³/mol. The van der Waals surface area contributed by atoms with Crippen LogP contribution in [0.3, 0.4) is 0 Å². The fourth-order valence-corrected chi connectivity index (χ4v) is 3.92. The highest BCUT2D eigenvalue weighted by Crippen LogP contribution is 2.33. The van der Waals surface area contributed by atoms with E-state index in [1.165, 1.54) is 17.5 Å². The smallest absolute Gasteiger partial charge is 0.220 e. The van der Waals surface area contributed by atoms with Crippen LogP contribution in [0.1, 0.15) is 30.4 Å². The zero-order chi connectivity index (χ0) is 16.3. The van der Waals surface area contributed by atoms with Gasteiger partial charge in [-0.25, -0.2) is 0 Å². The molecule has 0 bridgehead atoms. The summed E-state index contributed by atoms with van der Waals surface area (Å²) in [6.45, 7) is 2.91. The summed E-state index contributed by atoms with van der Waals surface area (Å²) in [5.41, 5.74) is 2.87. The third kappa shape index (κ3) is 5.33. The Balaban J connectivity index is 0.00000156. The number of benzene rings is 1. The number of hydrogen-bond acceptors (Lipinski definition) is 3. The summed E-state index contributed by atoms with van der Waals surface area (Å²) in [7, 11) is 4.25. The maximum Gasteiger partial charge on any atom is 0.220 e. The Morgan fingerprint density at radius 3 is 2.40 bits per heavy atom. The molecule has 2 aliphatic rings. The zero-order valence-electron chi connectivity index (χ0n) is 15.2. The van der Waals surface area contributed by atoms with Crippen LogP contribution in [0.25, 0.3) is 0 Å². The first-order chi connectivity index (χ1) is 11.1. The number of nitrogens with one attached hydrogen (secondary N) is 2. The molecule has 142 valence electrons. The van der Waals surface area contributed by atoms with E-state index in [4.69, 9.17) is 0 Å². The monoisotopic (exact) mass is 387 g/mol. The van der Waals surface area contributed by atoms with Gasteiger partial charge in [-0.05, 0) is 69.9 Å². The van der Waals surface area contributed by atoms with Crippen molar-refractivity contribution in [3.63, 3.8) is 0 Å². The number of carbonyl (C=O) groups is 1. The second kappa shape index (κ2) is 9.77. The highest BCUT2D eigenvalue weighted by molar-refractivity contribution is 5.85. The minimum Gasteiger partial charge on any atom is -0.354 e. The van der Waals surface area contributed by atoms with Gasteiger partial charge in [-0.1, -0.05) is 24.3 Å². The van der Waals surface area contributed by atoms with Crippen molar-refractivity contribution >= 4 is 30.7 Å². The van der Waals surface area contributed by atoms with Gasteiger partial charge in [0.1, 0.15) is 0 Å². The Morgan fingerprint density at radius 1 is 1.24 bits per heavy atom. The lowest BCUT2D eigenvalue weighted by molar-refractivity contribution is -0.121. The van der Waals surface area contributed by atoms with E-state index in [-0.39, 0.29) is 36.3 Å². The summed E-state index contributed by atoms with van der Waals surface area (Å²) in [5.74, 6) is 0.883. The van der Waals surface area contributed by atoms with Crippen LogP contribution in [-0.2, 0) is 17.6 Å². The van der Waals surface area contributed by atoms with Crippen LogP contribution in [0.5, 0.6) is 0 Å². The van der Waals surface area contributed by atoms with Crippen LogP contribution in [0.2, 0.25) is 0 Å². The summed E-state index contributed by atoms with van der Waals surface area (Å²) in [5, 5.41) is 6.57. The van der Waals surface area contributed by atoms with Crippen LogP contribution in [0.4, 0.5) is 0 Å². The van der Waals surface area contributed by atoms with Crippen molar-refractivity contribution in [1.29, 1.82) is 0 Å². The molecule has 1 aliphatic carbocycles. The zero-order valence-corrected chi connectivity index (χ0v) is 16.8. The second-order valence-corrected chi connectivity index (χ2v) is 7.42. The molecule has 1 amide bonds. The molecule has 6 heteroatoms. The molecule has 1 fully saturated rings. The van der Waals surface area contributed by atoms with Gasteiger partial charge in [-0.15, -0.1) is 24.8 Å². The van der Waals surface area contributed by atoms with Crippen molar-refractivity contribution in [1.82, 2.24) is 15.5 Å². The van der Waals surface area contributed by atoms with Crippen LogP contribution < -0.4 is 10.6 Å². The molecule has 1 unspecified atom stereocenters. The third-order valence-electron chi connectivity index (χ3n) is 5.66. The van der Waals surface area contributed by atoms with Crippen molar-refractivity contribution in [2.45, 2.75) is 37.6 Å². The molecule has 0 saturated carbocycles. The number of carbonyl (C=O) groups excluding carboxylic acids is 1. The number of halogens is 2. The number of fused-ring (bicyclic) bond motifs is 1. The lowest BCUT2D eigenvalue weighted by Crippen LogP contribution is -2.53. The molecule has 0 spiro atoms. The molecule has 1 aromatic carbocycles. The Hall–Kier alpha value is -0.810. The van der Waals surface area contributed by atoms with E-state index >= 15 is 0 Å². The minimum absolute atomic E-state index is 0. The number of amides is 1. The summed E-state index contributed by atoms with van der Waals surface area (Å²) >= 11 is 0. The van der Waals surface area contributed by atoms with Crippen LogP contribution >= 0.6 is 24.8 Å². The third-order valence-corrected chi connectivity index (χ3v) is 5.66. The predicted octanol–water partition coefficient (Wildman–Crippen LogP) is 2.44. The van der Waals surface area contributed by atoms with Crippen molar-refractivity contribution in [2.75, 3.05) is 33.7 Å². The van der Waals surface area contributed by atoms with Crippen molar-refractivity contribution in [2.24, 2.45) is 5.92 Å². The van der Waals surface area contributed by atoms with Gasteiger partial charge in [0, 0.05) is 18.5 Å². The summed E-state index contributed by atoms with van der Waals surface area (Å²) in [6, 6.07) is 8.66. The summed E-state index contributed by atoms with van der Waals surface area (Å²) in [4.78, 5) is 14.5. The van der Waals surface area contributed by atoms with Gasteiger partial charge in [0.25, 0.3) is 0 Å². The van der Waals surface area contributed by atoms with Crippen molar-refractivity contribution < 1.29 is 4.79 Å². The number of rotatable bonds is 6. The fraction of sp³-hybridized carbons (Fsp3) is 0.632. The number of likely N-dealkylation sites (N-methyl/N-ethyl adjacent to an activating group) is 1. The van der Waals surface area contributed by atoms with Gasteiger partial charge < -0.3 is 15.5 Å². The SMILES string of the molecule is CN(C)C1(CNC(=O)CCC2CCNC2)Cc2ccccc2C1.Cl.Cl. The molecule has 0 aromatic heterocycles. The van der Waals surface area contributed by atoms with Crippen molar-refractivity contribution in [3.05, 3.63) is 35.4 Å². The molecule has 0 radical (unpaired) electrons. The molecule has 1 atom stereocenters. The quantitative estimate of drug-likeness (QED) is 0.787. The maximum atomic E-state index is 12.2. The topological polar surface area (TPSA) is 44.4 Å². The average molecular weight is 388 g/mol. The molecule has 1 aliphatic heterocycles. The van der Waals surface area contributed by atoms with Gasteiger partial charge >= 0.3 is 0 Å². The first kappa shape index (κ1) is 22.2. The Bertz CT molecular complexity index is 534. The minimum atomic E-state index is 0. The molecular weight excluding hydrogens is 357 g/mol. The molecule has 2 N–H and O–H groups in total. The molecule has 25 heavy (non-hydrogen) atoms. The van der Waals surface area contributed by atoms with Gasteiger partial charge in [0.15, 0.2) is 0 Å². The second-order valence-electron chi connectivity index (χ2n) is 7.42. The lowest BCUT2D eigenvalue weighted by atomic mass is 9.93. The maximum absolute atomic E-state index is 12.2. The number of hydrogen-bond donors (Lipinski definition) is 2. The Kier molecular flexibility index (Phi) is 8.69. The van der Waals surface area contributed by atoms with Gasteiger partial charge in [0.2, 0.25) is 5.91 Å². The van der Waals surface area contributed by atoms with Gasteiger partial charge in [0.05, 0.1) is 0 Å². The molecule has 1 aromatic rings. The lowest BCUT2D eigenvalue weighted by Gasteiger charge is -2.36. The molecule has 3 rings (SSSR count). The Labute approximate surface area is 163 Å². The van der Waals surface area contributed by atoms with E-state index in [9.17, 15) is 4.79 Å². The van der Waals surface area contributed by atoms with E-state index in [2.05, 4.69) is 53.9 Å². The number of nitrogens with zero attached hydrogens (tertiary/aromatic N) is 1. The molecule has 1 saturated heterocycles. The van der Waals surface area contributed by atoms with E-state index in [1.807, 2.05) is 0 Å². The summed E-state index contributed by atoms with van der Waals surface area (Å²) in [6.07, 6.45) is 4.91. The standard InChI is InChI=1S/C19H29N3O.2ClH/c1-22(2)19(11-16-5-3-4-6-17(16)12-19)14-21-18(23)8-7-15-9-10-20-13-15;;/h3-6,15,20H,7-14H2,1-2H3,(H,21,23);2*1H. The van der Waals surface area contributed by atoms with E-state index in [0.29, 0.717) is 12.3 Å². The van der Waals surface area contributed by atoms with Crippen LogP contribution in [-0.4, -0.2) is 50.1 Å². The van der Waals surface area contributed by atoms with Gasteiger partial charge in [-0.2, -0.15) is 0 Å². The molecule has 1 heterocycles. The van der Waals surface area contributed by atoms with Gasteiger partial charge in [-0.3, -0.25) is 4.79 Å². The summed E-state index contributed by atoms with van der Waals surface area (Å²) < 4.78 is 0. The highest BCUT2D eigenvalue weighted by atomic mass is 35.5. The highest BCUT2D eigenvalue weighted by Gasteiger charge is 2.39. The van der Waals surface area contributed by atoms with E-state index in [1.54, 1.807) is 0 Å². The molecular formula is C19H31Cl2N3O. The first-order valence-corrected chi connectivity index (χ1v) is 8.81. The van der Waals surface area contributed by atoms with Crippen molar-refractivity contribution in [3.8, 4) is 0 Å². The largest absolute Gasteiger partial charge is 0.354 e. The van der Waals surface area contributed by atoms with Crippen LogP contribution in [0, 0.1) is 5.92 Å². The Morgan fingerprint density at radius 2 is 1.88 bits per heavy atom. The average Bonchev–Trinajstić information content (AvgIpc) is 3.18. The fourth-order valence-electron chi connectivity index (χ4n) is 3.92. The van der Waals surface area contributed by atoms with E-state index < -0.39 is 0 Å². The normalized spacial score (nSPS) is 20.5. The van der Waals surface area contributed by atoms with Crippen LogP contribution in [0.15, 0.2) is 24.3 Å². The van der Waals surface area contributed by atoms with E-state index in [0.717, 1.165) is 38.9 Å². The first-order valence-electron chi connectivity index (χ1n) is 8.81.